The van der Waals surface area contributed by atoms with Gasteiger partial charge in [-0.2, -0.15) is 0 Å². The lowest BCUT2D eigenvalue weighted by molar-refractivity contribution is -0.137. The van der Waals surface area contributed by atoms with Gasteiger partial charge in [0.15, 0.2) is 0 Å². The van der Waals surface area contributed by atoms with E-state index in [9.17, 15) is 9.59 Å². The molecule has 146 valence electrons. The third-order valence-corrected chi connectivity index (χ3v) is 5.18. The molecule has 0 bridgehead atoms. The molecule has 0 aliphatic carbocycles. The fourth-order valence-corrected chi connectivity index (χ4v) is 3.45. The van der Waals surface area contributed by atoms with Gasteiger partial charge in [0.1, 0.15) is 0 Å². The minimum Gasteiger partial charge on any atom is -0.399 e. The highest BCUT2D eigenvalue weighted by molar-refractivity contribution is 5.85. The molecular weight excluding hydrogens is 350 g/mol. The normalized spacial score (nSPS) is 14.8. The number of aryl methyl sites for hydroxylation is 1. The number of carbonyl (C=O) groups excluding carboxylic acids is 2. The van der Waals surface area contributed by atoms with Gasteiger partial charge in [0, 0.05) is 37.2 Å². The molecule has 1 fully saturated rings. The van der Waals surface area contributed by atoms with E-state index in [0.29, 0.717) is 12.8 Å². The summed E-state index contributed by atoms with van der Waals surface area (Å²) in [6, 6.07) is 7.84. The Morgan fingerprint density at radius 3 is 2.38 bits per heavy atom. The molecule has 0 radical (unpaired) electrons. The second kappa shape index (κ2) is 11.1. The van der Waals surface area contributed by atoms with Gasteiger partial charge in [-0.25, -0.2) is 0 Å². The standard InChI is InChI=1S/C20H31N3O2.ClH/c1-3-15(4-2)20(25)23-13-11-17(12-14-23)22-19(24)10-9-16-7-5-6-8-18(16)21;/h5-8,15,17H,3-4,9-14,21H2,1-2H3,(H,22,24);1H. The number of amides is 2. The van der Waals surface area contributed by atoms with Crippen molar-refractivity contribution in [3.05, 3.63) is 29.8 Å². The number of anilines is 1. The molecule has 5 nitrogen and oxygen atoms in total. The number of nitrogen functional groups attached to an aromatic ring is 1. The van der Waals surface area contributed by atoms with Crippen LogP contribution in [0.5, 0.6) is 0 Å². The largest absolute Gasteiger partial charge is 0.399 e. The zero-order valence-electron chi connectivity index (χ0n) is 15.9. The van der Waals surface area contributed by atoms with Gasteiger partial charge in [0.05, 0.1) is 0 Å². The lowest BCUT2D eigenvalue weighted by atomic mass is 9.98. The molecule has 1 aliphatic rings. The quantitative estimate of drug-likeness (QED) is 0.712. The second-order valence-corrected chi connectivity index (χ2v) is 6.88. The van der Waals surface area contributed by atoms with Crippen LogP contribution in [0.3, 0.4) is 0 Å². The first-order chi connectivity index (χ1) is 12.0. The zero-order chi connectivity index (χ0) is 18.2. The molecule has 0 spiro atoms. The van der Waals surface area contributed by atoms with Crippen molar-refractivity contribution in [3.63, 3.8) is 0 Å². The van der Waals surface area contributed by atoms with Crippen molar-refractivity contribution >= 4 is 29.9 Å². The number of nitrogens with one attached hydrogen (secondary N) is 1. The summed E-state index contributed by atoms with van der Waals surface area (Å²) in [5.74, 6) is 0.477. The molecule has 1 aromatic rings. The van der Waals surface area contributed by atoms with Crippen molar-refractivity contribution in [2.24, 2.45) is 5.92 Å². The number of hydrogen-bond acceptors (Lipinski definition) is 3. The van der Waals surface area contributed by atoms with E-state index >= 15 is 0 Å². The number of hydrogen-bond donors (Lipinski definition) is 2. The van der Waals surface area contributed by atoms with Gasteiger partial charge >= 0.3 is 0 Å². The van der Waals surface area contributed by atoms with Crippen LogP contribution in [-0.4, -0.2) is 35.8 Å². The number of carbonyl (C=O) groups is 2. The summed E-state index contributed by atoms with van der Waals surface area (Å²) in [5.41, 5.74) is 7.67. The highest BCUT2D eigenvalue weighted by atomic mass is 35.5. The summed E-state index contributed by atoms with van der Waals surface area (Å²) in [4.78, 5) is 26.6. The average molecular weight is 382 g/mol. The monoisotopic (exact) mass is 381 g/mol. The lowest BCUT2D eigenvalue weighted by Crippen LogP contribution is -2.48. The summed E-state index contributed by atoms with van der Waals surface area (Å²) in [5, 5.41) is 3.11. The average Bonchev–Trinajstić information content (AvgIpc) is 2.62. The molecule has 0 saturated carbocycles. The molecule has 26 heavy (non-hydrogen) atoms. The van der Waals surface area contributed by atoms with Gasteiger partial charge in [-0.3, -0.25) is 9.59 Å². The first-order valence-corrected chi connectivity index (χ1v) is 9.46. The van der Waals surface area contributed by atoms with Gasteiger partial charge in [0.25, 0.3) is 0 Å². The number of benzene rings is 1. The van der Waals surface area contributed by atoms with Crippen molar-refractivity contribution < 1.29 is 9.59 Å². The summed E-state index contributed by atoms with van der Waals surface area (Å²) in [6.45, 7) is 5.62. The topological polar surface area (TPSA) is 75.4 Å². The Morgan fingerprint density at radius 1 is 1.19 bits per heavy atom. The first-order valence-electron chi connectivity index (χ1n) is 9.46. The number of likely N-dealkylation sites (tertiary alicyclic amines) is 1. The highest BCUT2D eigenvalue weighted by Gasteiger charge is 2.27. The SMILES string of the molecule is CCC(CC)C(=O)N1CCC(NC(=O)CCc2ccccc2N)CC1.Cl. The van der Waals surface area contributed by atoms with E-state index < -0.39 is 0 Å². The minimum absolute atomic E-state index is 0. The fraction of sp³-hybridized carbons (Fsp3) is 0.600. The predicted octanol–water partition coefficient (Wildman–Crippen LogP) is 3.17. The molecule has 1 saturated heterocycles. The number of piperidine rings is 1. The highest BCUT2D eigenvalue weighted by Crippen LogP contribution is 2.18. The van der Waals surface area contributed by atoms with Crippen molar-refractivity contribution in [2.75, 3.05) is 18.8 Å². The Bertz CT molecular complexity index is 582. The van der Waals surface area contributed by atoms with E-state index in [1.165, 1.54) is 0 Å². The summed E-state index contributed by atoms with van der Waals surface area (Å²) < 4.78 is 0. The molecule has 1 aromatic carbocycles. The predicted molar refractivity (Wildman–Crippen MR) is 108 cm³/mol. The van der Waals surface area contributed by atoms with Gasteiger partial charge < -0.3 is 16.0 Å². The van der Waals surface area contributed by atoms with Crippen molar-refractivity contribution in [2.45, 2.75) is 58.4 Å². The number of halogens is 1. The zero-order valence-corrected chi connectivity index (χ0v) is 16.7. The van der Waals surface area contributed by atoms with Gasteiger partial charge in [-0.05, 0) is 43.7 Å². The van der Waals surface area contributed by atoms with E-state index in [1.807, 2.05) is 29.2 Å². The Hall–Kier alpha value is -1.75. The summed E-state index contributed by atoms with van der Waals surface area (Å²) >= 11 is 0. The van der Waals surface area contributed by atoms with Crippen LogP contribution in [0, 0.1) is 5.92 Å². The lowest BCUT2D eigenvalue weighted by Gasteiger charge is -2.34. The summed E-state index contributed by atoms with van der Waals surface area (Å²) in [6.07, 6.45) is 4.57. The van der Waals surface area contributed by atoms with Crippen LogP contribution in [-0.2, 0) is 16.0 Å². The number of para-hydroxylation sites is 1. The maximum atomic E-state index is 12.4. The van der Waals surface area contributed by atoms with Crippen LogP contribution in [0.1, 0.15) is 51.5 Å². The number of nitrogens with zero attached hydrogens (tertiary/aromatic N) is 1. The van der Waals surface area contributed by atoms with Crippen LogP contribution >= 0.6 is 12.4 Å². The third-order valence-electron chi connectivity index (χ3n) is 5.18. The van der Waals surface area contributed by atoms with Gasteiger partial charge in [-0.1, -0.05) is 32.0 Å². The molecule has 6 heteroatoms. The van der Waals surface area contributed by atoms with E-state index in [-0.39, 0.29) is 36.2 Å². The van der Waals surface area contributed by atoms with Crippen LogP contribution in [0.25, 0.3) is 0 Å². The molecule has 2 rings (SSSR count). The van der Waals surface area contributed by atoms with Crippen LogP contribution in [0.4, 0.5) is 5.69 Å². The van der Waals surface area contributed by atoms with E-state index in [0.717, 1.165) is 50.0 Å². The molecule has 0 unspecified atom stereocenters. The van der Waals surface area contributed by atoms with Crippen LogP contribution in [0.15, 0.2) is 24.3 Å². The molecule has 0 aromatic heterocycles. The van der Waals surface area contributed by atoms with Crippen LogP contribution in [0.2, 0.25) is 0 Å². The Morgan fingerprint density at radius 2 is 1.81 bits per heavy atom. The molecule has 2 amide bonds. The van der Waals surface area contributed by atoms with E-state index in [2.05, 4.69) is 19.2 Å². The first kappa shape index (κ1) is 22.3. The van der Waals surface area contributed by atoms with Gasteiger partial charge in [0.2, 0.25) is 11.8 Å². The molecule has 1 heterocycles. The Labute approximate surface area is 163 Å². The number of nitrogens with two attached hydrogens (primary N) is 1. The van der Waals surface area contributed by atoms with Crippen molar-refractivity contribution in [1.82, 2.24) is 10.2 Å². The van der Waals surface area contributed by atoms with Crippen LogP contribution < -0.4 is 11.1 Å². The van der Waals surface area contributed by atoms with Crippen molar-refractivity contribution in [1.29, 1.82) is 0 Å². The molecule has 3 N–H and O–H groups in total. The van der Waals surface area contributed by atoms with E-state index in [1.54, 1.807) is 0 Å². The number of rotatable bonds is 7. The Kier molecular flexibility index (Phi) is 9.49. The fourth-order valence-electron chi connectivity index (χ4n) is 3.45. The minimum atomic E-state index is 0. The summed E-state index contributed by atoms with van der Waals surface area (Å²) in [7, 11) is 0. The maximum absolute atomic E-state index is 12.4. The molecule has 1 aliphatic heterocycles. The molecule has 0 atom stereocenters. The van der Waals surface area contributed by atoms with Gasteiger partial charge in [-0.15, -0.1) is 12.4 Å². The second-order valence-electron chi connectivity index (χ2n) is 6.88. The smallest absolute Gasteiger partial charge is 0.225 e. The molecular formula is C20H32ClN3O2. The Balaban J connectivity index is 0.00000338. The van der Waals surface area contributed by atoms with E-state index in [4.69, 9.17) is 5.73 Å². The maximum Gasteiger partial charge on any atom is 0.225 e. The van der Waals surface area contributed by atoms with Crippen molar-refractivity contribution in [3.8, 4) is 0 Å². The third kappa shape index (κ3) is 6.20.